The molecule has 0 spiro atoms. The van der Waals surface area contributed by atoms with E-state index in [1.165, 1.54) is 24.4 Å². The summed E-state index contributed by atoms with van der Waals surface area (Å²) in [5.41, 5.74) is 0.796. The van der Waals surface area contributed by atoms with E-state index in [1.807, 2.05) is 0 Å². The molecular weight excluding hydrogens is 329 g/mol. The second-order valence-corrected chi connectivity index (χ2v) is 5.29. The molecule has 7 nitrogen and oxygen atoms in total. The Kier molecular flexibility index (Phi) is 4.22. The van der Waals surface area contributed by atoms with Gasteiger partial charge in [0.15, 0.2) is 0 Å². The Balaban J connectivity index is 1.71. The summed E-state index contributed by atoms with van der Waals surface area (Å²) in [5, 5.41) is 4.50. The first kappa shape index (κ1) is 16.4. The number of nitrogens with zero attached hydrogens (tertiary/aromatic N) is 4. The number of aromatic nitrogens is 3. The number of amides is 1. The van der Waals surface area contributed by atoms with Crippen LogP contribution in [0.15, 0.2) is 22.9 Å². The molecule has 1 amide bonds. The van der Waals surface area contributed by atoms with Crippen molar-refractivity contribution in [3.8, 4) is 11.4 Å². The molecular formula is C14H13F3N4O3. The first-order valence-electron chi connectivity index (χ1n) is 7.10. The minimum absolute atomic E-state index is 0.00402. The Morgan fingerprint density at radius 1 is 1.42 bits per heavy atom. The van der Waals surface area contributed by atoms with E-state index in [1.54, 1.807) is 6.07 Å². The average Bonchev–Trinajstić information content (AvgIpc) is 3.27. The molecule has 0 radical (unpaired) electrons. The van der Waals surface area contributed by atoms with Crippen molar-refractivity contribution in [2.24, 2.45) is 5.92 Å². The number of hydrogen-bond donors (Lipinski definition) is 0. The summed E-state index contributed by atoms with van der Waals surface area (Å²) >= 11 is 0. The molecule has 0 saturated heterocycles. The lowest BCUT2D eigenvalue weighted by Gasteiger charge is -2.19. The molecule has 3 rings (SSSR count). The van der Waals surface area contributed by atoms with E-state index in [9.17, 15) is 18.0 Å². The lowest BCUT2D eigenvalue weighted by Crippen LogP contribution is -2.31. The average molecular weight is 342 g/mol. The van der Waals surface area contributed by atoms with E-state index in [0.29, 0.717) is 5.69 Å². The van der Waals surface area contributed by atoms with E-state index >= 15 is 0 Å². The van der Waals surface area contributed by atoms with Crippen LogP contribution in [0.2, 0.25) is 0 Å². The summed E-state index contributed by atoms with van der Waals surface area (Å²) in [6, 6.07) is 3.06. The van der Waals surface area contributed by atoms with Crippen molar-refractivity contribution < 1.29 is 27.3 Å². The predicted octanol–water partition coefficient (Wildman–Crippen LogP) is 2.45. The fourth-order valence-corrected chi connectivity index (χ4v) is 2.02. The van der Waals surface area contributed by atoms with Gasteiger partial charge >= 0.3 is 12.1 Å². The Hall–Kier alpha value is -2.49. The Morgan fingerprint density at radius 2 is 2.17 bits per heavy atom. The molecule has 2 aromatic rings. The summed E-state index contributed by atoms with van der Waals surface area (Å²) in [7, 11) is 1.40. The summed E-state index contributed by atoms with van der Waals surface area (Å²) in [6.07, 6.45) is -1.68. The number of pyridine rings is 1. The normalized spacial score (nSPS) is 14.7. The van der Waals surface area contributed by atoms with Crippen molar-refractivity contribution in [3.05, 3.63) is 29.9 Å². The Labute approximate surface area is 134 Å². The third kappa shape index (κ3) is 3.53. The number of alkyl halides is 3. The molecule has 1 saturated carbocycles. The number of carbonyl (C=O) groups excluding carboxylic acids is 1. The van der Waals surface area contributed by atoms with Crippen LogP contribution in [0.1, 0.15) is 24.4 Å². The van der Waals surface area contributed by atoms with E-state index < -0.39 is 12.1 Å². The van der Waals surface area contributed by atoms with Gasteiger partial charge in [0.05, 0.1) is 19.3 Å². The molecule has 2 aromatic heterocycles. The maximum absolute atomic E-state index is 12.4. The third-order valence-corrected chi connectivity index (χ3v) is 3.45. The van der Waals surface area contributed by atoms with Crippen LogP contribution < -0.4 is 0 Å². The second kappa shape index (κ2) is 6.19. The zero-order valence-corrected chi connectivity index (χ0v) is 12.6. The van der Waals surface area contributed by atoms with Gasteiger partial charge < -0.3 is 4.52 Å². The Morgan fingerprint density at radius 3 is 2.67 bits per heavy atom. The number of carbonyl (C=O) groups is 1. The van der Waals surface area contributed by atoms with E-state index in [-0.39, 0.29) is 29.8 Å². The highest BCUT2D eigenvalue weighted by molar-refractivity contribution is 5.80. The smallest absolute Gasteiger partial charge is 0.329 e. The van der Waals surface area contributed by atoms with Gasteiger partial charge in [0, 0.05) is 17.7 Å². The topological polar surface area (TPSA) is 81.3 Å². The zero-order chi connectivity index (χ0) is 17.3. The lowest BCUT2D eigenvalue weighted by atomic mass is 10.2. The fraction of sp³-hybridized carbons (Fsp3) is 0.429. The fourth-order valence-electron chi connectivity index (χ4n) is 2.02. The standard InChI is InChI=1S/C14H13F3N4O3/c1-23-21(12(22)8-2-3-8)7-10-5-4-9(6-18-10)11-19-13(24-20-11)14(15,16)17/h4-6,8H,2-3,7H2,1H3. The quantitative estimate of drug-likeness (QED) is 0.777. The van der Waals surface area contributed by atoms with Crippen LogP contribution in [-0.2, 0) is 22.4 Å². The molecule has 128 valence electrons. The molecule has 2 heterocycles. The van der Waals surface area contributed by atoms with E-state index in [0.717, 1.165) is 12.8 Å². The molecule has 10 heteroatoms. The molecule has 24 heavy (non-hydrogen) atoms. The largest absolute Gasteiger partial charge is 0.471 e. The van der Waals surface area contributed by atoms with Gasteiger partial charge in [-0.25, -0.2) is 5.06 Å². The van der Waals surface area contributed by atoms with Crippen molar-refractivity contribution in [2.45, 2.75) is 25.6 Å². The summed E-state index contributed by atoms with van der Waals surface area (Å²) < 4.78 is 41.5. The van der Waals surface area contributed by atoms with Crippen molar-refractivity contribution in [3.63, 3.8) is 0 Å². The van der Waals surface area contributed by atoms with Gasteiger partial charge in [-0.05, 0) is 25.0 Å². The summed E-state index contributed by atoms with van der Waals surface area (Å²) in [4.78, 5) is 24.4. The highest BCUT2D eigenvalue weighted by atomic mass is 19.4. The van der Waals surface area contributed by atoms with Crippen molar-refractivity contribution >= 4 is 5.91 Å². The molecule has 0 unspecified atom stereocenters. The van der Waals surface area contributed by atoms with Crippen molar-refractivity contribution in [1.82, 2.24) is 20.2 Å². The van der Waals surface area contributed by atoms with Crippen LogP contribution in [0, 0.1) is 5.92 Å². The molecule has 0 atom stereocenters. The van der Waals surface area contributed by atoms with Crippen LogP contribution in [0.5, 0.6) is 0 Å². The van der Waals surface area contributed by atoms with Gasteiger partial charge in [-0.2, -0.15) is 18.2 Å². The molecule has 0 aliphatic heterocycles. The summed E-state index contributed by atoms with van der Waals surface area (Å²) in [6.45, 7) is 0.145. The highest BCUT2D eigenvalue weighted by Gasteiger charge is 2.38. The maximum atomic E-state index is 12.4. The predicted molar refractivity (Wildman–Crippen MR) is 72.8 cm³/mol. The van der Waals surface area contributed by atoms with Crippen LogP contribution in [0.4, 0.5) is 13.2 Å². The number of hydrogen-bond acceptors (Lipinski definition) is 6. The van der Waals surface area contributed by atoms with Crippen molar-refractivity contribution in [1.29, 1.82) is 0 Å². The Bertz CT molecular complexity index is 726. The van der Waals surface area contributed by atoms with Gasteiger partial charge in [-0.3, -0.25) is 14.6 Å². The maximum Gasteiger partial charge on any atom is 0.471 e. The minimum atomic E-state index is -4.69. The van der Waals surface area contributed by atoms with Gasteiger partial charge in [0.25, 0.3) is 0 Å². The van der Waals surface area contributed by atoms with Crippen LogP contribution >= 0.6 is 0 Å². The first-order chi connectivity index (χ1) is 11.4. The third-order valence-electron chi connectivity index (χ3n) is 3.45. The molecule has 0 aromatic carbocycles. The van der Waals surface area contributed by atoms with Crippen LogP contribution in [0.25, 0.3) is 11.4 Å². The van der Waals surface area contributed by atoms with Gasteiger partial charge in [0.1, 0.15) is 0 Å². The van der Waals surface area contributed by atoms with Crippen molar-refractivity contribution in [2.75, 3.05) is 7.11 Å². The van der Waals surface area contributed by atoms with Crippen LogP contribution in [0.3, 0.4) is 0 Å². The summed E-state index contributed by atoms with van der Waals surface area (Å²) in [5.74, 6) is -1.72. The molecule has 0 N–H and O–H groups in total. The zero-order valence-electron chi connectivity index (χ0n) is 12.6. The molecule has 0 bridgehead atoms. The lowest BCUT2D eigenvalue weighted by molar-refractivity contribution is -0.181. The van der Waals surface area contributed by atoms with Gasteiger partial charge in [-0.1, -0.05) is 5.16 Å². The molecule has 1 aliphatic carbocycles. The SMILES string of the molecule is CON(Cc1ccc(-c2noc(C(F)(F)F)n2)cn1)C(=O)C1CC1. The monoisotopic (exact) mass is 342 g/mol. The van der Waals surface area contributed by atoms with E-state index in [4.69, 9.17) is 4.84 Å². The first-order valence-corrected chi connectivity index (χ1v) is 7.10. The minimum Gasteiger partial charge on any atom is -0.329 e. The van der Waals surface area contributed by atoms with E-state index in [2.05, 4.69) is 19.6 Å². The number of halogens is 3. The number of hydroxylamine groups is 2. The van der Waals surface area contributed by atoms with Crippen LogP contribution in [-0.4, -0.2) is 33.2 Å². The van der Waals surface area contributed by atoms with Gasteiger partial charge in [-0.15, -0.1) is 0 Å². The second-order valence-electron chi connectivity index (χ2n) is 5.29. The molecule has 1 aliphatic rings. The number of rotatable bonds is 5. The highest BCUT2D eigenvalue weighted by Crippen LogP contribution is 2.31. The van der Waals surface area contributed by atoms with Gasteiger partial charge in [0.2, 0.25) is 11.7 Å². The molecule has 1 fully saturated rings.